The summed E-state index contributed by atoms with van der Waals surface area (Å²) in [7, 11) is 0. The largest absolute Gasteiger partial charge is 0.378 e. The number of rotatable bonds is 4. The van der Waals surface area contributed by atoms with E-state index >= 15 is 0 Å². The fraction of sp³-hybridized carbons (Fsp3) is 0.143. The highest BCUT2D eigenvalue weighted by atomic mass is 19.1. The van der Waals surface area contributed by atoms with Crippen LogP contribution in [-0.4, -0.2) is 4.92 Å². The summed E-state index contributed by atoms with van der Waals surface area (Å²) >= 11 is 0. The minimum absolute atomic E-state index is 0.0571. The second kappa shape index (κ2) is 5.48. The van der Waals surface area contributed by atoms with Gasteiger partial charge in [0, 0.05) is 23.9 Å². The number of hydrogen-bond donors (Lipinski definition) is 1. The molecule has 0 fully saturated rings. The third-order valence-electron chi connectivity index (χ3n) is 2.81. The van der Waals surface area contributed by atoms with E-state index < -0.39 is 4.92 Å². The molecule has 2 rings (SSSR count). The predicted molar refractivity (Wildman–Crippen MR) is 71.5 cm³/mol. The van der Waals surface area contributed by atoms with Crippen LogP contribution in [0.1, 0.15) is 18.5 Å². The third-order valence-corrected chi connectivity index (χ3v) is 2.81. The topological polar surface area (TPSA) is 55.2 Å². The Hall–Kier alpha value is -2.43. The smallest absolute Gasteiger partial charge is 0.269 e. The minimum atomic E-state index is -0.436. The maximum Gasteiger partial charge on any atom is 0.269 e. The number of hydrogen-bond acceptors (Lipinski definition) is 3. The molecule has 0 aliphatic rings. The number of nitro groups is 1. The van der Waals surface area contributed by atoms with E-state index in [1.807, 2.05) is 6.92 Å². The second-order valence-electron chi connectivity index (χ2n) is 4.23. The van der Waals surface area contributed by atoms with Gasteiger partial charge in [0.1, 0.15) is 5.82 Å². The van der Waals surface area contributed by atoms with Crippen LogP contribution < -0.4 is 5.32 Å². The van der Waals surface area contributed by atoms with Gasteiger partial charge in [-0.3, -0.25) is 10.1 Å². The molecule has 0 aliphatic heterocycles. The summed E-state index contributed by atoms with van der Waals surface area (Å²) in [5, 5.41) is 13.7. The van der Waals surface area contributed by atoms with Gasteiger partial charge in [-0.15, -0.1) is 0 Å². The first-order valence-corrected chi connectivity index (χ1v) is 5.83. The summed E-state index contributed by atoms with van der Waals surface area (Å²) in [6.45, 7) is 1.91. The molecule has 0 aliphatic carbocycles. The van der Waals surface area contributed by atoms with Crippen molar-refractivity contribution in [2.45, 2.75) is 13.0 Å². The third kappa shape index (κ3) is 3.28. The van der Waals surface area contributed by atoms with Crippen molar-refractivity contribution in [2.24, 2.45) is 0 Å². The average Bonchev–Trinajstić information content (AvgIpc) is 2.39. The summed E-state index contributed by atoms with van der Waals surface area (Å²) in [5.41, 5.74) is 1.63. The van der Waals surface area contributed by atoms with E-state index in [1.54, 1.807) is 24.3 Å². The van der Waals surface area contributed by atoms with Crippen LogP contribution in [-0.2, 0) is 0 Å². The molecule has 5 heteroatoms. The fourth-order valence-electron chi connectivity index (χ4n) is 1.80. The van der Waals surface area contributed by atoms with E-state index in [9.17, 15) is 14.5 Å². The van der Waals surface area contributed by atoms with Gasteiger partial charge >= 0.3 is 0 Å². The molecule has 1 unspecified atom stereocenters. The predicted octanol–water partition coefficient (Wildman–Crippen LogP) is 3.91. The Morgan fingerprint density at radius 2 is 1.89 bits per heavy atom. The van der Waals surface area contributed by atoms with E-state index in [4.69, 9.17) is 0 Å². The van der Waals surface area contributed by atoms with Crippen molar-refractivity contribution in [2.75, 3.05) is 5.32 Å². The fourth-order valence-corrected chi connectivity index (χ4v) is 1.80. The number of nitro benzene ring substituents is 1. The first-order chi connectivity index (χ1) is 9.06. The van der Waals surface area contributed by atoms with E-state index in [1.165, 1.54) is 24.3 Å². The van der Waals surface area contributed by atoms with Crippen molar-refractivity contribution in [1.29, 1.82) is 0 Å². The molecule has 4 nitrogen and oxygen atoms in total. The number of anilines is 1. The van der Waals surface area contributed by atoms with Crippen LogP contribution in [0.15, 0.2) is 48.5 Å². The lowest BCUT2D eigenvalue weighted by Gasteiger charge is -2.15. The van der Waals surface area contributed by atoms with E-state index in [-0.39, 0.29) is 17.5 Å². The Balaban J connectivity index is 2.11. The molecular weight excluding hydrogens is 247 g/mol. The molecular formula is C14H13FN2O2. The highest BCUT2D eigenvalue weighted by Crippen LogP contribution is 2.21. The molecule has 2 aromatic rings. The molecule has 0 radical (unpaired) electrons. The van der Waals surface area contributed by atoms with Gasteiger partial charge in [-0.2, -0.15) is 0 Å². The standard InChI is InChI=1S/C14H13FN2O2/c1-10(16-13-4-2-3-12(15)9-13)11-5-7-14(8-6-11)17(18)19/h2-10,16H,1H3. The van der Waals surface area contributed by atoms with Crippen LogP contribution in [0.25, 0.3) is 0 Å². The monoisotopic (exact) mass is 260 g/mol. The summed E-state index contributed by atoms with van der Waals surface area (Å²) in [5.74, 6) is -0.305. The van der Waals surface area contributed by atoms with Crippen molar-refractivity contribution in [3.63, 3.8) is 0 Å². The summed E-state index contributed by atoms with van der Waals surface area (Å²) in [4.78, 5) is 10.1. The Morgan fingerprint density at radius 3 is 2.47 bits per heavy atom. The van der Waals surface area contributed by atoms with Gasteiger partial charge in [0.15, 0.2) is 0 Å². The van der Waals surface area contributed by atoms with E-state index in [2.05, 4.69) is 5.32 Å². The van der Waals surface area contributed by atoms with Gasteiger partial charge in [0.05, 0.1) is 4.92 Å². The molecule has 19 heavy (non-hydrogen) atoms. The maximum atomic E-state index is 13.0. The zero-order chi connectivity index (χ0) is 13.8. The highest BCUT2D eigenvalue weighted by molar-refractivity contribution is 5.46. The lowest BCUT2D eigenvalue weighted by Crippen LogP contribution is -2.06. The number of nitrogens with one attached hydrogen (secondary N) is 1. The molecule has 0 saturated carbocycles. The Bertz CT molecular complexity index is 584. The van der Waals surface area contributed by atoms with Gasteiger partial charge in [0.25, 0.3) is 5.69 Å². The molecule has 0 bridgehead atoms. The lowest BCUT2D eigenvalue weighted by atomic mass is 10.1. The van der Waals surface area contributed by atoms with Crippen molar-refractivity contribution < 1.29 is 9.31 Å². The summed E-state index contributed by atoms with van der Waals surface area (Å²) < 4.78 is 13.0. The molecule has 0 amide bonds. The second-order valence-corrected chi connectivity index (χ2v) is 4.23. The van der Waals surface area contributed by atoms with Gasteiger partial charge in [-0.05, 0) is 30.7 Å². The van der Waals surface area contributed by atoms with Gasteiger partial charge in [-0.25, -0.2) is 4.39 Å². The SMILES string of the molecule is CC(Nc1cccc(F)c1)c1ccc([N+](=O)[O-])cc1. The summed E-state index contributed by atoms with van der Waals surface area (Å²) in [6, 6.07) is 12.4. The van der Waals surface area contributed by atoms with Crippen LogP contribution in [0.3, 0.4) is 0 Å². The molecule has 0 aromatic heterocycles. The van der Waals surface area contributed by atoms with Crippen LogP contribution in [0.5, 0.6) is 0 Å². The maximum absolute atomic E-state index is 13.0. The first kappa shape index (κ1) is 13.0. The van der Waals surface area contributed by atoms with Gasteiger partial charge < -0.3 is 5.32 Å². The van der Waals surface area contributed by atoms with Crippen molar-refractivity contribution >= 4 is 11.4 Å². The molecule has 0 spiro atoms. The Labute approximate surface area is 110 Å². The molecule has 2 aromatic carbocycles. The minimum Gasteiger partial charge on any atom is -0.378 e. The average molecular weight is 260 g/mol. The highest BCUT2D eigenvalue weighted by Gasteiger charge is 2.09. The number of non-ortho nitro benzene ring substituents is 1. The summed E-state index contributed by atoms with van der Waals surface area (Å²) in [6.07, 6.45) is 0. The van der Waals surface area contributed by atoms with Gasteiger partial charge in [0.2, 0.25) is 0 Å². The normalized spacial score (nSPS) is 11.9. The zero-order valence-electron chi connectivity index (χ0n) is 10.3. The van der Waals surface area contributed by atoms with Crippen molar-refractivity contribution in [1.82, 2.24) is 0 Å². The first-order valence-electron chi connectivity index (χ1n) is 5.83. The molecule has 1 N–H and O–H groups in total. The van der Waals surface area contributed by atoms with Crippen molar-refractivity contribution in [3.05, 3.63) is 70.0 Å². The van der Waals surface area contributed by atoms with E-state index in [0.717, 1.165) is 5.56 Å². The van der Waals surface area contributed by atoms with Crippen LogP contribution in [0, 0.1) is 15.9 Å². The van der Waals surface area contributed by atoms with Gasteiger partial charge in [-0.1, -0.05) is 18.2 Å². The Morgan fingerprint density at radius 1 is 1.21 bits per heavy atom. The van der Waals surface area contributed by atoms with Crippen molar-refractivity contribution in [3.8, 4) is 0 Å². The lowest BCUT2D eigenvalue weighted by molar-refractivity contribution is -0.384. The van der Waals surface area contributed by atoms with E-state index in [0.29, 0.717) is 5.69 Å². The Kier molecular flexibility index (Phi) is 3.75. The molecule has 0 saturated heterocycles. The zero-order valence-corrected chi connectivity index (χ0v) is 10.3. The molecule has 1 atom stereocenters. The molecule has 98 valence electrons. The van der Waals surface area contributed by atoms with Crippen LogP contribution in [0.2, 0.25) is 0 Å². The molecule has 0 heterocycles. The van der Waals surface area contributed by atoms with Crippen LogP contribution in [0.4, 0.5) is 15.8 Å². The number of nitrogens with zero attached hydrogens (tertiary/aromatic N) is 1. The van der Waals surface area contributed by atoms with Crippen LogP contribution >= 0.6 is 0 Å². The number of halogens is 1. The quantitative estimate of drug-likeness (QED) is 0.669. The number of benzene rings is 2.